The van der Waals surface area contributed by atoms with Gasteiger partial charge < -0.3 is 0 Å². The van der Waals surface area contributed by atoms with Crippen molar-refractivity contribution in [2.24, 2.45) is 0 Å². The molecule has 0 unspecified atom stereocenters. The average molecular weight is 312 g/mol. The van der Waals surface area contributed by atoms with Crippen LogP contribution in [0.1, 0.15) is 17.0 Å². The molecule has 0 bridgehead atoms. The molecule has 0 fully saturated rings. The molecule has 0 amide bonds. The van der Waals surface area contributed by atoms with E-state index >= 15 is 0 Å². The van der Waals surface area contributed by atoms with Crippen LogP contribution in [0.3, 0.4) is 0 Å². The Labute approximate surface area is 123 Å². The van der Waals surface area contributed by atoms with Crippen molar-refractivity contribution in [1.29, 1.82) is 0 Å². The number of halogens is 1. The van der Waals surface area contributed by atoms with Gasteiger partial charge in [0.25, 0.3) is 15.2 Å². The van der Waals surface area contributed by atoms with Gasteiger partial charge >= 0.3 is 0 Å². The molecule has 0 aliphatic carbocycles. The number of hydrogen-bond acceptors (Lipinski definition) is 4. The minimum atomic E-state index is -3.86. The molecule has 7 heteroatoms. The highest BCUT2D eigenvalue weighted by molar-refractivity contribution is 7.92. The Morgan fingerprint density at radius 3 is 2.25 bits per heavy atom. The van der Waals surface area contributed by atoms with Crippen molar-refractivity contribution < 1.29 is 8.42 Å². The zero-order valence-electron chi connectivity index (χ0n) is 11.3. The van der Waals surface area contributed by atoms with Gasteiger partial charge in [-0.15, -0.1) is 0 Å². The zero-order valence-corrected chi connectivity index (χ0v) is 12.9. The Morgan fingerprint density at radius 2 is 1.70 bits per heavy atom. The average Bonchev–Trinajstić information content (AvgIpc) is 2.33. The number of sulfonamides is 1. The molecule has 0 aliphatic heterocycles. The fourth-order valence-corrected chi connectivity index (χ4v) is 3.24. The highest BCUT2D eigenvalue weighted by Gasteiger charge is 2.20. The number of anilines is 1. The molecular formula is C13H14ClN3O2S. The number of aromatic nitrogens is 2. The number of aryl methyl sites for hydroxylation is 3. The second-order valence-corrected chi connectivity index (χ2v) is 6.45. The molecule has 0 spiro atoms. The lowest BCUT2D eigenvalue weighted by Gasteiger charge is -2.11. The molecule has 0 radical (unpaired) electrons. The number of nitrogens with one attached hydrogen (secondary N) is 1. The third kappa shape index (κ3) is 3.08. The topological polar surface area (TPSA) is 72.0 Å². The molecule has 0 aliphatic rings. The number of rotatable bonds is 3. The second-order valence-electron chi connectivity index (χ2n) is 4.47. The van der Waals surface area contributed by atoms with Crippen molar-refractivity contribution in [3.05, 3.63) is 46.2 Å². The zero-order chi connectivity index (χ0) is 14.9. The van der Waals surface area contributed by atoms with E-state index < -0.39 is 10.0 Å². The molecule has 5 nitrogen and oxygen atoms in total. The van der Waals surface area contributed by atoms with E-state index in [1.54, 1.807) is 45.0 Å². The molecule has 0 saturated heterocycles. The number of hydrogen-bond donors (Lipinski definition) is 1. The molecule has 20 heavy (non-hydrogen) atoms. The van der Waals surface area contributed by atoms with Gasteiger partial charge in [-0.25, -0.2) is 9.97 Å². The summed E-state index contributed by atoms with van der Waals surface area (Å²) in [6, 6.07) is 6.85. The van der Waals surface area contributed by atoms with Crippen molar-refractivity contribution in [3.8, 4) is 0 Å². The van der Waals surface area contributed by atoms with Crippen molar-refractivity contribution in [2.75, 3.05) is 4.72 Å². The third-order valence-electron chi connectivity index (χ3n) is 2.66. The van der Waals surface area contributed by atoms with E-state index in [-0.39, 0.29) is 5.16 Å². The summed E-state index contributed by atoms with van der Waals surface area (Å²) < 4.78 is 27.1. The smallest absolute Gasteiger partial charge is 0.275 e. The van der Waals surface area contributed by atoms with Gasteiger partial charge in [-0.3, -0.25) is 4.72 Å². The van der Waals surface area contributed by atoms with Crippen LogP contribution >= 0.6 is 11.6 Å². The Hall–Kier alpha value is -1.66. The summed E-state index contributed by atoms with van der Waals surface area (Å²) in [7, 11) is -3.86. The molecule has 1 aromatic carbocycles. The first kappa shape index (κ1) is 14.7. The van der Waals surface area contributed by atoms with E-state index in [0.29, 0.717) is 22.1 Å². The van der Waals surface area contributed by atoms with Crippen LogP contribution in [-0.2, 0) is 10.0 Å². The number of para-hydroxylation sites is 1. The Balaban J connectivity index is 2.46. The van der Waals surface area contributed by atoms with Crippen LogP contribution in [0, 0.1) is 20.8 Å². The highest BCUT2D eigenvalue weighted by Crippen LogP contribution is 2.27. The summed E-state index contributed by atoms with van der Waals surface area (Å²) in [5, 5.41) is 0.0762. The van der Waals surface area contributed by atoms with Crippen LogP contribution in [-0.4, -0.2) is 18.4 Å². The van der Waals surface area contributed by atoms with Crippen LogP contribution in [0.2, 0.25) is 5.02 Å². The third-order valence-corrected chi connectivity index (χ3v) is 4.11. The number of nitrogens with zero attached hydrogens (tertiary/aromatic N) is 2. The van der Waals surface area contributed by atoms with Gasteiger partial charge in [0.05, 0.1) is 10.7 Å². The Kier molecular flexibility index (Phi) is 3.96. The molecule has 0 saturated carbocycles. The summed E-state index contributed by atoms with van der Waals surface area (Å²) in [5.41, 5.74) is 2.25. The predicted molar refractivity (Wildman–Crippen MR) is 78.5 cm³/mol. The van der Waals surface area contributed by atoms with Crippen LogP contribution < -0.4 is 4.72 Å². The normalized spacial score (nSPS) is 11.4. The van der Waals surface area contributed by atoms with Gasteiger partial charge in [-0.2, -0.15) is 8.42 Å². The van der Waals surface area contributed by atoms with E-state index in [9.17, 15) is 8.42 Å². The maximum atomic E-state index is 12.3. The van der Waals surface area contributed by atoms with Crippen LogP contribution in [0.5, 0.6) is 0 Å². The molecule has 2 aromatic rings. The molecular weight excluding hydrogens is 298 g/mol. The number of benzene rings is 1. The predicted octanol–water partition coefficient (Wildman–Crippen LogP) is 2.86. The van der Waals surface area contributed by atoms with E-state index in [1.165, 1.54) is 0 Å². The minimum Gasteiger partial charge on any atom is -0.275 e. The quantitative estimate of drug-likeness (QED) is 0.885. The lowest BCUT2D eigenvalue weighted by Crippen LogP contribution is -2.18. The lowest BCUT2D eigenvalue weighted by molar-refractivity contribution is 0.590. The second kappa shape index (κ2) is 5.38. The van der Waals surface area contributed by atoms with Gasteiger partial charge in [0, 0.05) is 11.4 Å². The Bertz CT molecular complexity index is 720. The van der Waals surface area contributed by atoms with E-state index in [0.717, 1.165) is 5.56 Å². The maximum absolute atomic E-state index is 12.3. The molecule has 0 atom stereocenters. The summed E-state index contributed by atoms with van der Waals surface area (Å²) >= 11 is 6.02. The summed E-state index contributed by atoms with van der Waals surface area (Å²) in [5.74, 6) is 0. The standard InChI is InChI=1S/C13H14ClN3O2S/c1-8-5-4-6-11(14)12(8)17-20(18,19)13-15-9(2)7-10(3)16-13/h4-7,17H,1-3H3. The molecule has 1 heterocycles. The largest absolute Gasteiger partial charge is 0.297 e. The molecule has 1 N–H and O–H groups in total. The first-order valence-electron chi connectivity index (χ1n) is 5.90. The SMILES string of the molecule is Cc1cc(C)nc(S(=O)(=O)Nc2c(C)cccc2Cl)n1. The molecule has 2 rings (SSSR count). The van der Waals surface area contributed by atoms with Crippen LogP contribution in [0.15, 0.2) is 29.4 Å². The fourth-order valence-electron chi connectivity index (χ4n) is 1.75. The van der Waals surface area contributed by atoms with Gasteiger partial charge in [0.15, 0.2) is 0 Å². The first-order chi connectivity index (χ1) is 9.29. The van der Waals surface area contributed by atoms with Gasteiger partial charge in [0.1, 0.15) is 0 Å². The first-order valence-corrected chi connectivity index (χ1v) is 7.76. The van der Waals surface area contributed by atoms with Gasteiger partial charge in [-0.1, -0.05) is 23.7 Å². The van der Waals surface area contributed by atoms with E-state index in [2.05, 4.69) is 14.7 Å². The summed E-state index contributed by atoms with van der Waals surface area (Å²) in [6.07, 6.45) is 0. The highest BCUT2D eigenvalue weighted by atomic mass is 35.5. The van der Waals surface area contributed by atoms with E-state index in [4.69, 9.17) is 11.6 Å². The monoisotopic (exact) mass is 311 g/mol. The van der Waals surface area contributed by atoms with Crippen molar-refractivity contribution >= 4 is 27.3 Å². The lowest BCUT2D eigenvalue weighted by atomic mass is 10.2. The maximum Gasteiger partial charge on any atom is 0.297 e. The van der Waals surface area contributed by atoms with Crippen LogP contribution in [0.25, 0.3) is 0 Å². The molecule has 1 aromatic heterocycles. The Morgan fingerprint density at radius 1 is 1.10 bits per heavy atom. The van der Waals surface area contributed by atoms with E-state index in [1.807, 2.05) is 0 Å². The van der Waals surface area contributed by atoms with Crippen molar-refractivity contribution in [3.63, 3.8) is 0 Å². The fraction of sp³-hybridized carbons (Fsp3) is 0.231. The van der Waals surface area contributed by atoms with Crippen molar-refractivity contribution in [2.45, 2.75) is 25.9 Å². The van der Waals surface area contributed by atoms with Crippen molar-refractivity contribution in [1.82, 2.24) is 9.97 Å². The van der Waals surface area contributed by atoms with Gasteiger partial charge in [0.2, 0.25) is 0 Å². The molecule has 106 valence electrons. The van der Waals surface area contributed by atoms with Gasteiger partial charge in [-0.05, 0) is 38.5 Å². The van der Waals surface area contributed by atoms with Crippen LogP contribution in [0.4, 0.5) is 5.69 Å². The minimum absolute atomic E-state index is 0.255. The summed E-state index contributed by atoms with van der Waals surface area (Å²) in [4.78, 5) is 7.91. The summed E-state index contributed by atoms with van der Waals surface area (Å²) in [6.45, 7) is 5.20.